The Labute approximate surface area is 110 Å². The standard InChI is InChI=1S/C12H17FN4O2/c1-7(5-10(14)18)16-6-8-3-2-4-9(11(8)13)12(15)17-19/h2-4,7,16,19H,5-6H2,1H3,(H2,14,18)(H2,15,17). The molecule has 0 heterocycles. The summed E-state index contributed by atoms with van der Waals surface area (Å²) in [5.41, 5.74) is 10.8. The SMILES string of the molecule is CC(CC(N)=O)NCc1cccc(/C(N)=N/O)c1F. The Balaban J connectivity index is 2.77. The van der Waals surface area contributed by atoms with E-state index >= 15 is 0 Å². The molecule has 0 aromatic heterocycles. The van der Waals surface area contributed by atoms with Gasteiger partial charge >= 0.3 is 0 Å². The number of amidine groups is 1. The molecular formula is C12H17FN4O2. The Kier molecular flexibility index (Phi) is 5.25. The van der Waals surface area contributed by atoms with Crippen molar-refractivity contribution in [1.29, 1.82) is 0 Å². The largest absolute Gasteiger partial charge is 0.409 e. The van der Waals surface area contributed by atoms with Crippen LogP contribution < -0.4 is 16.8 Å². The van der Waals surface area contributed by atoms with Crippen molar-refractivity contribution in [1.82, 2.24) is 5.32 Å². The fraction of sp³-hybridized carbons (Fsp3) is 0.333. The molecule has 19 heavy (non-hydrogen) atoms. The number of carbonyl (C=O) groups excluding carboxylic acids is 1. The second kappa shape index (κ2) is 6.69. The Morgan fingerprint density at radius 2 is 2.21 bits per heavy atom. The van der Waals surface area contributed by atoms with Gasteiger partial charge in [-0.15, -0.1) is 0 Å². The van der Waals surface area contributed by atoms with Crippen LogP contribution in [0.25, 0.3) is 0 Å². The van der Waals surface area contributed by atoms with Crippen LogP contribution in [0.5, 0.6) is 0 Å². The lowest BCUT2D eigenvalue weighted by atomic mass is 10.1. The van der Waals surface area contributed by atoms with Gasteiger partial charge in [0.15, 0.2) is 5.84 Å². The van der Waals surface area contributed by atoms with Crippen LogP contribution in [0.4, 0.5) is 4.39 Å². The number of hydrogen-bond donors (Lipinski definition) is 4. The molecule has 1 aromatic rings. The summed E-state index contributed by atoms with van der Waals surface area (Å²) in [7, 11) is 0. The van der Waals surface area contributed by atoms with Crippen LogP contribution in [-0.2, 0) is 11.3 Å². The maximum Gasteiger partial charge on any atom is 0.218 e. The number of nitrogens with one attached hydrogen (secondary N) is 1. The molecule has 1 rings (SSSR count). The third-order valence-corrected chi connectivity index (χ3v) is 2.61. The molecule has 0 fully saturated rings. The van der Waals surface area contributed by atoms with Gasteiger partial charge < -0.3 is 22.0 Å². The summed E-state index contributed by atoms with van der Waals surface area (Å²) in [5.74, 6) is -1.27. The first-order valence-corrected chi connectivity index (χ1v) is 5.72. The predicted molar refractivity (Wildman–Crippen MR) is 69.0 cm³/mol. The number of oxime groups is 1. The summed E-state index contributed by atoms with van der Waals surface area (Å²) < 4.78 is 14.0. The first-order valence-electron chi connectivity index (χ1n) is 5.72. The van der Waals surface area contributed by atoms with E-state index in [4.69, 9.17) is 16.7 Å². The third kappa shape index (κ3) is 4.22. The van der Waals surface area contributed by atoms with E-state index in [1.165, 1.54) is 6.07 Å². The highest BCUT2D eigenvalue weighted by Gasteiger charge is 2.12. The van der Waals surface area contributed by atoms with Gasteiger partial charge in [-0.2, -0.15) is 0 Å². The van der Waals surface area contributed by atoms with E-state index in [9.17, 15) is 9.18 Å². The topological polar surface area (TPSA) is 114 Å². The second-order valence-electron chi connectivity index (χ2n) is 4.22. The Morgan fingerprint density at radius 1 is 1.53 bits per heavy atom. The van der Waals surface area contributed by atoms with Crippen molar-refractivity contribution in [3.63, 3.8) is 0 Å². The third-order valence-electron chi connectivity index (χ3n) is 2.61. The lowest BCUT2D eigenvalue weighted by Crippen LogP contribution is -2.31. The number of carbonyl (C=O) groups is 1. The van der Waals surface area contributed by atoms with Crippen LogP contribution in [0.3, 0.4) is 0 Å². The van der Waals surface area contributed by atoms with Crippen LogP contribution in [0.2, 0.25) is 0 Å². The lowest BCUT2D eigenvalue weighted by molar-refractivity contribution is -0.118. The maximum atomic E-state index is 14.0. The second-order valence-corrected chi connectivity index (χ2v) is 4.22. The van der Waals surface area contributed by atoms with E-state index in [0.717, 1.165) is 0 Å². The average molecular weight is 268 g/mol. The summed E-state index contributed by atoms with van der Waals surface area (Å²) in [6, 6.07) is 4.44. The van der Waals surface area contributed by atoms with Crippen molar-refractivity contribution in [2.75, 3.05) is 0 Å². The molecule has 6 N–H and O–H groups in total. The number of hydrogen-bond acceptors (Lipinski definition) is 4. The molecule has 0 spiro atoms. The van der Waals surface area contributed by atoms with E-state index in [0.29, 0.717) is 5.56 Å². The molecule has 0 aliphatic heterocycles. The summed E-state index contributed by atoms with van der Waals surface area (Å²) in [6.07, 6.45) is 0.168. The highest BCUT2D eigenvalue weighted by Crippen LogP contribution is 2.13. The molecule has 1 aromatic carbocycles. The summed E-state index contributed by atoms with van der Waals surface area (Å²) >= 11 is 0. The van der Waals surface area contributed by atoms with Crippen molar-refractivity contribution in [3.05, 3.63) is 35.1 Å². The molecule has 6 nitrogen and oxygen atoms in total. The molecule has 1 amide bonds. The molecule has 0 radical (unpaired) electrons. The van der Waals surface area contributed by atoms with Crippen molar-refractivity contribution < 1.29 is 14.4 Å². The van der Waals surface area contributed by atoms with Gasteiger partial charge in [-0.05, 0) is 13.0 Å². The number of nitrogens with two attached hydrogens (primary N) is 2. The summed E-state index contributed by atoms with van der Waals surface area (Å²) in [6.45, 7) is 1.99. The van der Waals surface area contributed by atoms with Gasteiger partial charge in [0.2, 0.25) is 5.91 Å². The molecule has 0 saturated carbocycles. The van der Waals surface area contributed by atoms with E-state index < -0.39 is 11.7 Å². The van der Waals surface area contributed by atoms with Crippen LogP contribution >= 0.6 is 0 Å². The van der Waals surface area contributed by atoms with Gasteiger partial charge in [0.1, 0.15) is 5.82 Å². The minimum Gasteiger partial charge on any atom is -0.409 e. The smallest absolute Gasteiger partial charge is 0.218 e. The summed E-state index contributed by atoms with van der Waals surface area (Å²) in [5, 5.41) is 14.3. The minimum atomic E-state index is -0.559. The molecule has 7 heteroatoms. The van der Waals surface area contributed by atoms with Crippen LogP contribution in [0.1, 0.15) is 24.5 Å². The van der Waals surface area contributed by atoms with E-state index in [1.807, 2.05) is 0 Å². The molecule has 0 saturated heterocycles. The fourth-order valence-corrected chi connectivity index (χ4v) is 1.63. The zero-order valence-electron chi connectivity index (χ0n) is 10.6. The zero-order valence-corrected chi connectivity index (χ0v) is 10.6. The van der Waals surface area contributed by atoms with E-state index in [-0.39, 0.29) is 30.4 Å². The van der Waals surface area contributed by atoms with Crippen molar-refractivity contribution >= 4 is 11.7 Å². The number of primary amides is 1. The lowest BCUT2D eigenvalue weighted by Gasteiger charge is -2.13. The van der Waals surface area contributed by atoms with E-state index in [1.54, 1.807) is 19.1 Å². The maximum absolute atomic E-state index is 14.0. The molecule has 1 unspecified atom stereocenters. The van der Waals surface area contributed by atoms with E-state index in [2.05, 4.69) is 10.5 Å². The van der Waals surface area contributed by atoms with Crippen molar-refractivity contribution in [3.8, 4) is 0 Å². The quantitative estimate of drug-likeness (QED) is 0.257. The first kappa shape index (κ1) is 14.9. The van der Waals surface area contributed by atoms with Crippen LogP contribution in [0, 0.1) is 5.82 Å². The Hall–Kier alpha value is -2.15. The van der Waals surface area contributed by atoms with Crippen LogP contribution in [-0.4, -0.2) is 23.0 Å². The highest BCUT2D eigenvalue weighted by molar-refractivity contribution is 5.97. The Morgan fingerprint density at radius 3 is 2.79 bits per heavy atom. The van der Waals surface area contributed by atoms with Gasteiger partial charge in [-0.1, -0.05) is 17.3 Å². The number of nitrogens with zero attached hydrogens (tertiary/aromatic N) is 1. The number of benzene rings is 1. The molecule has 1 atom stereocenters. The van der Waals surface area contributed by atoms with Gasteiger partial charge in [0, 0.05) is 24.6 Å². The molecule has 0 bridgehead atoms. The fourth-order valence-electron chi connectivity index (χ4n) is 1.63. The minimum absolute atomic E-state index is 0.0318. The van der Waals surface area contributed by atoms with Crippen molar-refractivity contribution in [2.24, 2.45) is 16.6 Å². The molecule has 104 valence electrons. The molecule has 0 aliphatic rings. The zero-order chi connectivity index (χ0) is 14.4. The van der Waals surface area contributed by atoms with Crippen molar-refractivity contribution in [2.45, 2.75) is 25.9 Å². The monoisotopic (exact) mass is 268 g/mol. The highest BCUT2D eigenvalue weighted by atomic mass is 19.1. The summed E-state index contributed by atoms with van der Waals surface area (Å²) in [4.78, 5) is 10.7. The number of rotatable bonds is 6. The molecule has 0 aliphatic carbocycles. The van der Waals surface area contributed by atoms with Gasteiger partial charge in [-0.3, -0.25) is 4.79 Å². The van der Waals surface area contributed by atoms with Gasteiger partial charge in [-0.25, -0.2) is 4.39 Å². The molecular weight excluding hydrogens is 251 g/mol. The number of halogens is 1. The van der Waals surface area contributed by atoms with Gasteiger partial charge in [0.05, 0.1) is 5.56 Å². The number of amides is 1. The Bertz CT molecular complexity index is 491. The average Bonchev–Trinajstić information content (AvgIpc) is 2.36. The van der Waals surface area contributed by atoms with Gasteiger partial charge in [0.25, 0.3) is 0 Å². The predicted octanol–water partition coefficient (Wildman–Crippen LogP) is 0.274. The van der Waals surface area contributed by atoms with Crippen LogP contribution in [0.15, 0.2) is 23.4 Å². The first-order chi connectivity index (χ1) is 8.95. The normalized spacial score (nSPS) is 13.3.